The molecule has 0 aliphatic heterocycles. The fourth-order valence-corrected chi connectivity index (χ4v) is 0.715. The Kier molecular flexibility index (Phi) is 5.38. The molecule has 0 bridgehead atoms. The molecular formula is C13H18O4. The van der Waals surface area contributed by atoms with E-state index in [1.54, 1.807) is 0 Å². The summed E-state index contributed by atoms with van der Waals surface area (Å²) >= 11 is 0. The zero-order valence-corrected chi connectivity index (χ0v) is 10.4. The number of esters is 1. The monoisotopic (exact) mass is 238 g/mol. The van der Waals surface area contributed by atoms with Gasteiger partial charge in [0.25, 0.3) is 0 Å². The van der Waals surface area contributed by atoms with Crippen molar-refractivity contribution in [2.24, 2.45) is 5.41 Å². The first kappa shape index (κ1) is 15.2. The van der Waals surface area contributed by atoms with Crippen LogP contribution < -0.4 is 0 Å². The Bertz CT molecular complexity index is 369. The minimum atomic E-state index is -1.14. The molecule has 0 saturated heterocycles. The number of carbonyl (C=O) groups excluding carboxylic acids is 1. The lowest BCUT2D eigenvalue weighted by Gasteiger charge is -2.17. The van der Waals surface area contributed by atoms with Crippen LogP contribution in [-0.4, -0.2) is 23.7 Å². The smallest absolute Gasteiger partial charge is 0.337 e. The molecule has 4 nitrogen and oxygen atoms in total. The third-order valence-corrected chi connectivity index (χ3v) is 1.66. The largest absolute Gasteiger partial charge is 0.478 e. The van der Waals surface area contributed by atoms with Crippen molar-refractivity contribution >= 4 is 11.9 Å². The molecule has 4 heteroatoms. The van der Waals surface area contributed by atoms with Gasteiger partial charge in [-0.15, -0.1) is 0 Å². The Hall–Kier alpha value is -1.84. The van der Waals surface area contributed by atoms with Crippen LogP contribution in [0.1, 0.15) is 20.8 Å². The van der Waals surface area contributed by atoms with Crippen molar-refractivity contribution in [1.29, 1.82) is 0 Å². The van der Waals surface area contributed by atoms with Crippen molar-refractivity contribution in [3.05, 3.63) is 36.5 Å². The zero-order chi connectivity index (χ0) is 13.6. The van der Waals surface area contributed by atoms with Crippen LogP contribution in [0.5, 0.6) is 0 Å². The molecule has 0 saturated carbocycles. The van der Waals surface area contributed by atoms with Gasteiger partial charge in [0.05, 0.1) is 17.8 Å². The van der Waals surface area contributed by atoms with Crippen LogP contribution in [0.15, 0.2) is 36.5 Å². The summed E-state index contributed by atoms with van der Waals surface area (Å²) in [4.78, 5) is 21.9. The van der Waals surface area contributed by atoms with Gasteiger partial charge in [0.1, 0.15) is 0 Å². The summed E-state index contributed by atoms with van der Waals surface area (Å²) in [6, 6.07) is 0. The summed E-state index contributed by atoms with van der Waals surface area (Å²) in [6.07, 6.45) is 2.49. The fourth-order valence-electron chi connectivity index (χ4n) is 0.715. The molecule has 0 aliphatic carbocycles. The van der Waals surface area contributed by atoms with E-state index in [1.807, 2.05) is 20.8 Å². The molecule has 94 valence electrons. The fraction of sp³-hybridized carbons (Fsp3) is 0.385. The Morgan fingerprint density at radius 3 is 2.06 bits per heavy atom. The lowest BCUT2D eigenvalue weighted by Crippen LogP contribution is -2.18. The van der Waals surface area contributed by atoms with Crippen molar-refractivity contribution < 1.29 is 19.4 Å². The Balaban J connectivity index is 4.29. The second-order valence-electron chi connectivity index (χ2n) is 4.83. The van der Waals surface area contributed by atoms with Crippen molar-refractivity contribution in [2.45, 2.75) is 20.8 Å². The van der Waals surface area contributed by atoms with Gasteiger partial charge in [-0.1, -0.05) is 33.9 Å². The van der Waals surface area contributed by atoms with Crippen LogP contribution >= 0.6 is 0 Å². The average Bonchev–Trinajstić information content (AvgIpc) is 2.20. The first-order valence-corrected chi connectivity index (χ1v) is 5.10. The quantitative estimate of drug-likeness (QED) is 0.453. The summed E-state index contributed by atoms with van der Waals surface area (Å²) in [5.41, 5.74) is -0.143. The third-order valence-electron chi connectivity index (χ3n) is 1.66. The van der Waals surface area contributed by atoms with Gasteiger partial charge in [-0.2, -0.15) is 0 Å². The van der Waals surface area contributed by atoms with Gasteiger partial charge in [0, 0.05) is 0 Å². The van der Waals surface area contributed by atoms with E-state index in [0.29, 0.717) is 0 Å². The van der Waals surface area contributed by atoms with E-state index in [-0.39, 0.29) is 23.2 Å². The van der Waals surface area contributed by atoms with Gasteiger partial charge in [-0.05, 0) is 17.6 Å². The summed E-state index contributed by atoms with van der Waals surface area (Å²) in [5, 5.41) is 8.55. The molecule has 0 heterocycles. The van der Waals surface area contributed by atoms with Gasteiger partial charge >= 0.3 is 11.9 Å². The molecule has 17 heavy (non-hydrogen) atoms. The van der Waals surface area contributed by atoms with Gasteiger partial charge < -0.3 is 9.84 Å². The second-order valence-corrected chi connectivity index (χ2v) is 4.83. The van der Waals surface area contributed by atoms with Crippen molar-refractivity contribution in [1.82, 2.24) is 0 Å². The molecule has 1 N–H and O–H groups in total. The molecule has 0 fully saturated rings. The van der Waals surface area contributed by atoms with E-state index in [4.69, 9.17) is 9.84 Å². The highest BCUT2D eigenvalue weighted by atomic mass is 16.5. The normalized spacial score (nSPS) is 11.2. The van der Waals surface area contributed by atoms with Crippen LogP contribution in [0.25, 0.3) is 0 Å². The summed E-state index contributed by atoms with van der Waals surface area (Å²) in [5.74, 6) is -1.70. The number of rotatable bonds is 5. The maximum absolute atomic E-state index is 11.4. The topological polar surface area (TPSA) is 63.6 Å². The highest BCUT2D eigenvalue weighted by Gasteiger charge is 2.14. The number of carboxylic acid groups (broad SMARTS) is 1. The number of carbonyl (C=O) groups is 2. The molecule has 0 aromatic carbocycles. The number of hydrogen-bond acceptors (Lipinski definition) is 3. The summed E-state index contributed by atoms with van der Waals surface area (Å²) in [6.45, 7) is 12.9. The number of carboxylic acids is 1. The molecule has 0 atom stereocenters. The molecule has 0 radical (unpaired) electrons. The maximum Gasteiger partial charge on any atom is 0.337 e. The molecule has 0 amide bonds. The van der Waals surface area contributed by atoms with Crippen molar-refractivity contribution in [2.75, 3.05) is 6.61 Å². The van der Waals surface area contributed by atoms with Gasteiger partial charge in [-0.3, -0.25) is 0 Å². The Labute approximate surface area is 101 Å². The SMILES string of the molecule is C=C(/C=C\C(=C)C(=O)OCC(C)(C)C)C(=O)O. The molecule has 0 unspecified atom stereocenters. The molecule has 0 aromatic heterocycles. The molecular weight excluding hydrogens is 220 g/mol. The maximum atomic E-state index is 11.4. The first-order chi connectivity index (χ1) is 7.63. The minimum Gasteiger partial charge on any atom is -0.478 e. The van der Waals surface area contributed by atoms with Gasteiger partial charge in [-0.25, -0.2) is 9.59 Å². The highest BCUT2D eigenvalue weighted by molar-refractivity contribution is 5.93. The van der Waals surface area contributed by atoms with Crippen molar-refractivity contribution in [3.8, 4) is 0 Å². The average molecular weight is 238 g/mol. The number of hydrogen-bond donors (Lipinski definition) is 1. The second kappa shape index (κ2) is 6.03. The number of ether oxygens (including phenoxy) is 1. The predicted octanol–water partition coefficient (Wildman–Crippen LogP) is 2.33. The molecule has 0 rings (SSSR count). The van der Waals surface area contributed by atoms with Crippen LogP contribution in [0, 0.1) is 5.41 Å². The minimum absolute atomic E-state index is 0.0941. The molecule has 0 aliphatic rings. The third kappa shape index (κ3) is 7.11. The predicted molar refractivity (Wildman–Crippen MR) is 65.5 cm³/mol. The van der Waals surface area contributed by atoms with E-state index < -0.39 is 11.9 Å². The first-order valence-electron chi connectivity index (χ1n) is 5.10. The highest BCUT2D eigenvalue weighted by Crippen LogP contribution is 2.14. The lowest BCUT2D eigenvalue weighted by molar-refractivity contribution is -0.141. The van der Waals surface area contributed by atoms with Gasteiger partial charge in [0.2, 0.25) is 0 Å². The standard InChI is InChI=1S/C13H18O4/c1-9(11(14)15)6-7-10(2)12(16)17-8-13(3,4)5/h6-7H,1-2,8H2,3-5H3,(H,14,15)/b7-6-. The number of aliphatic carboxylic acids is 1. The van der Waals surface area contributed by atoms with E-state index in [0.717, 1.165) is 0 Å². The summed E-state index contributed by atoms with van der Waals surface area (Å²) in [7, 11) is 0. The van der Waals surface area contributed by atoms with E-state index >= 15 is 0 Å². The van der Waals surface area contributed by atoms with Crippen molar-refractivity contribution in [3.63, 3.8) is 0 Å². The molecule has 0 spiro atoms. The van der Waals surface area contributed by atoms with Crippen LogP contribution in [0.3, 0.4) is 0 Å². The van der Waals surface area contributed by atoms with E-state index in [2.05, 4.69) is 13.2 Å². The van der Waals surface area contributed by atoms with Crippen LogP contribution in [0.4, 0.5) is 0 Å². The van der Waals surface area contributed by atoms with E-state index in [9.17, 15) is 9.59 Å². The lowest BCUT2D eigenvalue weighted by atomic mass is 9.99. The Morgan fingerprint density at radius 1 is 1.18 bits per heavy atom. The summed E-state index contributed by atoms with van der Waals surface area (Å²) < 4.78 is 4.99. The molecule has 0 aromatic rings. The van der Waals surface area contributed by atoms with Crippen LogP contribution in [-0.2, 0) is 14.3 Å². The Morgan fingerprint density at radius 2 is 1.65 bits per heavy atom. The van der Waals surface area contributed by atoms with Gasteiger partial charge in [0.15, 0.2) is 0 Å². The van der Waals surface area contributed by atoms with Crippen LogP contribution in [0.2, 0.25) is 0 Å². The van der Waals surface area contributed by atoms with E-state index in [1.165, 1.54) is 12.2 Å². The zero-order valence-electron chi connectivity index (χ0n) is 10.4.